The lowest BCUT2D eigenvalue weighted by atomic mass is 10.3. The lowest BCUT2D eigenvalue weighted by Crippen LogP contribution is -2.46. The number of aromatic nitrogens is 2. The molecule has 0 amide bonds. The smallest absolute Gasteiger partial charge is 0.0886 e. The average Bonchev–Trinajstić information content (AvgIpc) is 3.07. The van der Waals surface area contributed by atoms with E-state index in [1.165, 1.54) is 0 Å². The maximum absolute atomic E-state index is 5.62. The number of hydrogen-bond donors (Lipinski definition) is 1. The molecule has 1 aromatic rings. The van der Waals surface area contributed by atoms with E-state index in [4.69, 9.17) is 5.73 Å². The highest BCUT2D eigenvalue weighted by Crippen LogP contribution is 2.22. The molecule has 1 saturated carbocycles. The predicted octanol–water partition coefficient (Wildman–Crippen LogP) is -0.761. The van der Waals surface area contributed by atoms with Crippen LogP contribution in [0.4, 0.5) is 0 Å². The summed E-state index contributed by atoms with van der Waals surface area (Å²) in [7, 11) is 0. The Hall–Kier alpha value is -1.84. The van der Waals surface area contributed by atoms with Crippen LogP contribution in [0, 0.1) is 0 Å². The van der Waals surface area contributed by atoms with Crippen molar-refractivity contribution >= 4 is 12.8 Å². The second-order valence-corrected chi connectivity index (χ2v) is 3.89. The summed E-state index contributed by atoms with van der Waals surface area (Å²) in [5, 5.41) is 6.76. The lowest BCUT2D eigenvalue weighted by Gasteiger charge is -2.03. The zero-order valence-electron chi connectivity index (χ0n) is 9.26. The van der Waals surface area contributed by atoms with Crippen molar-refractivity contribution in [2.75, 3.05) is 0 Å². The van der Waals surface area contributed by atoms with Gasteiger partial charge in [-0.2, -0.15) is 5.10 Å². The van der Waals surface area contributed by atoms with Crippen molar-refractivity contribution < 1.29 is 0 Å². The fourth-order valence-electron chi connectivity index (χ4n) is 1.51. The first-order valence-electron chi connectivity index (χ1n) is 5.38. The van der Waals surface area contributed by atoms with Crippen LogP contribution in [0.2, 0.25) is 0 Å². The van der Waals surface area contributed by atoms with Crippen LogP contribution in [-0.4, -0.2) is 15.8 Å². The van der Waals surface area contributed by atoms with Crippen molar-refractivity contribution in [2.45, 2.75) is 25.4 Å². The molecular formula is C12H16N4. The van der Waals surface area contributed by atoms with E-state index in [0.717, 1.165) is 28.8 Å². The maximum Gasteiger partial charge on any atom is 0.0886 e. The summed E-state index contributed by atoms with van der Waals surface area (Å²) in [5.74, 6) is 0. The monoisotopic (exact) mass is 216 g/mol. The normalized spacial score (nSPS) is 17.8. The van der Waals surface area contributed by atoms with Crippen LogP contribution in [-0.2, 0) is 6.54 Å². The van der Waals surface area contributed by atoms with Crippen LogP contribution >= 0.6 is 0 Å². The second-order valence-electron chi connectivity index (χ2n) is 3.89. The minimum absolute atomic E-state index is 0.454. The summed E-state index contributed by atoms with van der Waals surface area (Å²) >= 11 is 0. The summed E-state index contributed by atoms with van der Waals surface area (Å²) in [4.78, 5) is 4.55. The molecule has 2 N–H and O–H groups in total. The minimum atomic E-state index is 0.454. The van der Waals surface area contributed by atoms with Gasteiger partial charge in [-0.3, -0.25) is 9.67 Å². The van der Waals surface area contributed by atoms with Gasteiger partial charge < -0.3 is 5.73 Å². The van der Waals surface area contributed by atoms with Gasteiger partial charge in [-0.25, -0.2) is 0 Å². The third-order valence-corrected chi connectivity index (χ3v) is 2.56. The van der Waals surface area contributed by atoms with E-state index in [-0.39, 0.29) is 0 Å². The molecule has 4 nitrogen and oxygen atoms in total. The van der Waals surface area contributed by atoms with Crippen LogP contribution < -0.4 is 21.7 Å². The standard InChI is InChI=1S/C12H16N4/c1-3-6-16-9(2)11(7-13)12(8-14-16)15-10-4-5-10/h3,7-8,10H,1-2,4-6,13H2. The Labute approximate surface area is 94.1 Å². The molecule has 0 aliphatic heterocycles. The zero-order valence-corrected chi connectivity index (χ0v) is 9.26. The molecule has 0 spiro atoms. The maximum atomic E-state index is 5.62. The molecule has 0 saturated heterocycles. The van der Waals surface area contributed by atoms with Gasteiger partial charge in [-0.05, 0) is 12.8 Å². The third kappa shape index (κ3) is 2.05. The van der Waals surface area contributed by atoms with Gasteiger partial charge in [0.15, 0.2) is 0 Å². The van der Waals surface area contributed by atoms with Crippen molar-refractivity contribution in [1.29, 1.82) is 0 Å². The molecule has 1 aromatic heterocycles. The highest BCUT2D eigenvalue weighted by Gasteiger charge is 2.19. The van der Waals surface area contributed by atoms with Crippen molar-refractivity contribution in [3.63, 3.8) is 0 Å². The number of rotatable bonds is 3. The molecule has 0 unspecified atom stereocenters. The molecule has 1 aliphatic rings. The van der Waals surface area contributed by atoms with Gasteiger partial charge in [0.1, 0.15) is 0 Å². The van der Waals surface area contributed by atoms with Crippen molar-refractivity contribution in [2.24, 2.45) is 10.7 Å². The molecule has 84 valence electrons. The molecular weight excluding hydrogens is 200 g/mol. The fourth-order valence-corrected chi connectivity index (χ4v) is 1.51. The SMILES string of the molecule is C=CCn1ncc(=NC2CC2)c(=CN)c1=C. The Morgan fingerprint density at radius 2 is 2.38 bits per heavy atom. The van der Waals surface area contributed by atoms with Crippen LogP contribution in [0.5, 0.6) is 0 Å². The first kappa shape index (κ1) is 10.7. The van der Waals surface area contributed by atoms with Gasteiger partial charge in [0.2, 0.25) is 0 Å². The van der Waals surface area contributed by atoms with Crippen LogP contribution in [0.25, 0.3) is 12.8 Å². The molecule has 0 radical (unpaired) electrons. The van der Waals surface area contributed by atoms with Crippen LogP contribution in [0.1, 0.15) is 12.8 Å². The third-order valence-electron chi connectivity index (χ3n) is 2.56. The Morgan fingerprint density at radius 1 is 1.62 bits per heavy atom. The quantitative estimate of drug-likeness (QED) is 0.675. The number of allylic oxidation sites excluding steroid dienone is 1. The number of nitrogens with two attached hydrogens (primary N) is 1. The molecule has 2 rings (SSSR count). The number of hydrogen-bond acceptors (Lipinski definition) is 3. The van der Waals surface area contributed by atoms with E-state index in [9.17, 15) is 0 Å². The largest absolute Gasteiger partial charge is 0.404 e. The Morgan fingerprint density at radius 3 is 2.94 bits per heavy atom. The summed E-state index contributed by atoms with van der Waals surface area (Å²) in [6.45, 7) is 8.29. The minimum Gasteiger partial charge on any atom is -0.404 e. The van der Waals surface area contributed by atoms with Gasteiger partial charge in [0, 0.05) is 11.4 Å². The van der Waals surface area contributed by atoms with E-state index < -0.39 is 0 Å². The van der Waals surface area contributed by atoms with Crippen molar-refractivity contribution in [3.8, 4) is 0 Å². The molecule has 0 bridgehead atoms. The summed E-state index contributed by atoms with van der Waals surface area (Å²) in [5.41, 5.74) is 5.62. The van der Waals surface area contributed by atoms with Crippen LogP contribution in [0.15, 0.2) is 23.8 Å². The lowest BCUT2D eigenvalue weighted by molar-refractivity contribution is 0.644. The molecule has 4 heteroatoms. The van der Waals surface area contributed by atoms with E-state index in [0.29, 0.717) is 12.6 Å². The van der Waals surface area contributed by atoms with Gasteiger partial charge in [0.05, 0.1) is 29.5 Å². The van der Waals surface area contributed by atoms with Crippen molar-refractivity contribution in [3.05, 3.63) is 34.8 Å². The molecule has 1 aliphatic carbocycles. The Bertz CT molecular complexity index is 564. The Balaban J connectivity index is 2.62. The van der Waals surface area contributed by atoms with E-state index in [1.54, 1.807) is 23.2 Å². The van der Waals surface area contributed by atoms with Crippen molar-refractivity contribution in [1.82, 2.24) is 9.78 Å². The van der Waals surface area contributed by atoms with Crippen LogP contribution in [0.3, 0.4) is 0 Å². The van der Waals surface area contributed by atoms with Gasteiger partial charge in [-0.1, -0.05) is 12.7 Å². The summed E-state index contributed by atoms with van der Waals surface area (Å²) in [6, 6.07) is 0.454. The molecule has 1 heterocycles. The number of nitrogens with zero attached hydrogens (tertiary/aromatic N) is 3. The highest BCUT2D eigenvalue weighted by atomic mass is 15.3. The summed E-state index contributed by atoms with van der Waals surface area (Å²) in [6.07, 6.45) is 7.40. The average molecular weight is 216 g/mol. The Kier molecular flexibility index (Phi) is 2.90. The van der Waals surface area contributed by atoms with E-state index in [1.807, 2.05) is 0 Å². The molecule has 0 atom stereocenters. The molecule has 1 fully saturated rings. The molecule has 0 aromatic carbocycles. The highest BCUT2D eigenvalue weighted by molar-refractivity contribution is 5.18. The zero-order chi connectivity index (χ0) is 11.5. The predicted molar refractivity (Wildman–Crippen MR) is 64.4 cm³/mol. The fraction of sp³-hybridized carbons (Fsp3) is 0.333. The van der Waals surface area contributed by atoms with E-state index in [2.05, 4.69) is 23.2 Å². The first-order chi connectivity index (χ1) is 7.76. The van der Waals surface area contributed by atoms with Gasteiger partial charge in [-0.15, -0.1) is 6.58 Å². The first-order valence-corrected chi connectivity index (χ1v) is 5.38. The van der Waals surface area contributed by atoms with Gasteiger partial charge >= 0.3 is 0 Å². The molecule has 16 heavy (non-hydrogen) atoms. The second kappa shape index (κ2) is 4.35. The topological polar surface area (TPSA) is 56.2 Å². The van der Waals surface area contributed by atoms with E-state index >= 15 is 0 Å². The van der Waals surface area contributed by atoms with Gasteiger partial charge in [0.25, 0.3) is 0 Å². The summed E-state index contributed by atoms with van der Waals surface area (Å²) < 4.78 is 1.76.